The summed E-state index contributed by atoms with van der Waals surface area (Å²) in [4.78, 5) is 6.78. The van der Waals surface area contributed by atoms with Crippen LogP contribution in [0.4, 0.5) is 5.69 Å². The van der Waals surface area contributed by atoms with E-state index in [0.29, 0.717) is 18.3 Å². The number of nitrogens with zero attached hydrogens (tertiary/aromatic N) is 3. The van der Waals surface area contributed by atoms with Crippen LogP contribution < -0.4 is 4.90 Å². The molecule has 22 heavy (non-hydrogen) atoms. The second kappa shape index (κ2) is 5.74. The number of thiophene rings is 1. The van der Waals surface area contributed by atoms with E-state index in [1.54, 1.807) is 11.3 Å². The Labute approximate surface area is 137 Å². The van der Waals surface area contributed by atoms with Gasteiger partial charge in [0.25, 0.3) is 0 Å². The Kier molecular flexibility index (Phi) is 3.60. The average Bonchev–Trinajstić information content (AvgIpc) is 3.18. The molecule has 1 aliphatic heterocycles. The summed E-state index contributed by atoms with van der Waals surface area (Å²) in [6.07, 6.45) is 2.18. The van der Waals surface area contributed by atoms with Gasteiger partial charge in [0.2, 0.25) is 11.7 Å². The van der Waals surface area contributed by atoms with E-state index in [2.05, 4.69) is 21.1 Å². The number of aromatic nitrogens is 2. The zero-order chi connectivity index (χ0) is 14.9. The summed E-state index contributed by atoms with van der Waals surface area (Å²) in [6.45, 7) is 1.62. The highest BCUT2D eigenvalue weighted by Gasteiger charge is 2.20. The summed E-state index contributed by atoms with van der Waals surface area (Å²) in [7, 11) is 0. The summed E-state index contributed by atoms with van der Waals surface area (Å²) >= 11 is 7.71. The van der Waals surface area contributed by atoms with Crippen molar-refractivity contribution >= 4 is 28.6 Å². The van der Waals surface area contributed by atoms with Crippen LogP contribution in [0.25, 0.3) is 11.4 Å². The molecule has 3 heterocycles. The molecule has 4 rings (SSSR count). The van der Waals surface area contributed by atoms with Crippen molar-refractivity contribution in [2.24, 2.45) is 0 Å². The van der Waals surface area contributed by atoms with Crippen molar-refractivity contribution in [1.29, 1.82) is 0 Å². The van der Waals surface area contributed by atoms with Crippen LogP contribution >= 0.6 is 22.9 Å². The van der Waals surface area contributed by atoms with Gasteiger partial charge in [0, 0.05) is 28.2 Å². The summed E-state index contributed by atoms with van der Waals surface area (Å²) in [5.41, 5.74) is 3.51. The van der Waals surface area contributed by atoms with E-state index in [1.807, 2.05) is 29.0 Å². The maximum atomic E-state index is 6.09. The average molecular weight is 332 g/mol. The van der Waals surface area contributed by atoms with Gasteiger partial charge in [-0.05, 0) is 48.1 Å². The Morgan fingerprint density at radius 1 is 1.32 bits per heavy atom. The van der Waals surface area contributed by atoms with Crippen LogP contribution in [0.5, 0.6) is 0 Å². The lowest BCUT2D eigenvalue weighted by atomic mass is 10.0. The third-order valence-corrected chi connectivity index (χ3v) is 4.75. The smallest absolute Gasteiger partial charge is 0.246 e. The van der Waals surface area contributed by atoms with E-state index < -0.39 is 0 Å². The summed E-state index contributed by atoms with van der Waals surface area (Å²) in [5, 5.41) is 8.89. The van der Waals surface area contributed by atoms with Gasteiger partial charge in [-0.3, -0.25) is 0 Å². The molecule has 1 aliphatic rings. The minimum absolute atomic E-state index is 0.631. The van der Waals surface area contributed by atoms with Gasteiger partial charge in [-0.15, -0.1) is 0 Å². The maximum Gasteiger partial charge on any atom is 0.246 e. The largest absolute Gasteiger partial charge is 0.362 e. The standard InChI is InChI=1S/C16H14ClN3OS/c17-13-3-4-14-11(8-13)2-1-6-20(14)9-15-18-16(19-21-15)12-5-7-22-10-12/h3-5,7-8,10H,1-2,6,9H2. The number of anilines is 1. The molecule has 3 aromatic rings. The monoisotopic (exact) mass is 331 g/mol. The van der Waals surface area contributed by atoms with Crippen LogP contribution in [0.1, 0.15) is 17.9 Å². The molecule has 0 atom stereocenters. The Hall–Kier alpha value is -1.85. The van der Waals surface area contributed by atoms with Crippen molar-refractivity contribution in [3.63, 3.8) is 0 Å². The van der Waals surface area contributed by atoms with Gasteiger partial charge in [-0.25, -0.2) is 0 Å². The van der Waals surface area contributed by atoms with Crippen molar-refractivity contribution < 1.29 is 4.52 Å². The lowest BCUT2D eigenvalue weighted by Crippen LogP contribution is -2.28. The first kappa shape index (κ1) is 13.8. The zero-order valence-corrected chi connectivity index (χ0v) is 13.4. The predicted molar refractivity (Wildman–Crippen MR) is 88.4 cm³/mol. The van der Waals surface area contributed by atoms with Crippen molar-refractivity contribution in [2.45, 2.75) is 19.4 Å². The molecular weight excluding hydrogens is 318 g/mol. The second-order valence-electron chi connectivity index (χ2n) is 5.32. The van der Waals surface area contributed by atoms with E-state index in [1.165, 1.54) is 11.3 Å². The van der Waals surface area contributed by atoms with Crippen molar-refractivity contribution in [1.82, 2.24) is 10.1 Å². The number of rotatable bonds is 3. The summed E-state index contributed by atoms with van der Waals surface area (Å²) in [6, 6.07) is 8.06. The molecule has 6 heteroatoms. The first-order valence-corrected chi connectivity index (χ1v) is 8.50. The normalized spacial score (nSPS) is 14.1. The van der Waals surface area contributed by atoms with E-state index >= 15 is 0 Å². The highest BCUT2D eigenvalue weighted by molar-refractivity contribution is 7.08. The fraction of sp³-hybridized carbons (Fsp3) is 0.250. The first-order valence-electron chi connectivity index (χ1n) is 7.18. The van der Waals surface area contributed by atoms with E-state index in [9.17, 15) is 0 Å². The molecule has 0 spiro atoms. The number of benzene rings is 1. The molecule has 0 radical (unpaired) electrons. The molecule has 112 valence electrons. The van der Waals surface area contributed by atoms with Crippen molar-refractivity contribution in [3.8, 4) is 11.4 Å². The Bertz CT molecular complexity index is 785. The molecule has 0 saturated heterocycles. The highest BCUT2D eigenvalue weighted by atomic mass is 35.5. The molecule has 0 fully saturated rings. The van der Waals surface area contributed by atoms with Crippen LogP contribution in [-0.4, -0.2) is 16.7 Å². The summed E-state index contributed by atoms with van der Waals surface area (Å²) < 4.78 is 5.41. The maximum absolute atomic E-state index is 6.09. The number of aryl methyl sites for hydroxylation is 1. The number of hydrogen-bond donors (Lipinski definition) is 0. The molecule has 0 bridgehead atoms. The second-order valence-corrected chi connectivity index (χ2v) is 6.54. The Morgan fingerprint density at radius 3 is 3.14 bits per heavy atom. The minimum atomic E-state index is 0.631. The number of halogens is 1. The van der Waals surface area contributed by atoms with Gasteiger partial charge < -0.3 is 9.42 Å². The summed E-state index contributed by atoms with van der Waals surface area (Å²) in [5.74, 6) is 1.30. The Balaban J connectivity index is 1.58. The highest BCUT2D eigenvalue weighted by Crippen LogP contribution is 2.30. The van der Waals surface area contributed by atoms with Crippen molar-refractivity contribution in [2.75, 3.05) is 11.4 Å². The topological polar surface area (TPSA) is 42.2 Å². The SMILES string of the molecule is Clc1ccc2c(c1)CCCN2Cc1nc(-c2ccsc2)no1. The third-order valence-electron chi connectivity index (χ3n) is 3.83. The quantitative estimate of drug-likeness (QED) is 0.713. The number of hydrogen-bond acceptors (Lipinski definition) is 5. The number of fused-ring (bicyclic) bond motifs is 1. The van der Waals surface area contributed by atoms with E-state index in [-0.39, 0.29) is 0 Å². The van der Waals surface area contributed by atoms with Gasteiger partial charge in [-0.1, -0.05) is 16.8 Å². The van der Waals surface area contributed by atoms with Gasteiger partial charge in [0.1, 0.15) is 0 Å². The van der Waals surface area contributed by atoms with Crippen molar-refractivity contribution in [3.05, 3.63) is 51.5 Å². The van der Waals surface area contributed by atoms with Crippen LogP contribution in [0.2, 0.25) is 5.02 Å². The van der Waals surface area contributed by atoms with E-state index in [4.69, 9.17) is 16.1 Å². The van der Waals surface area contributed by atoms with Crippen LogP contribution in [0, 0.1) is 0 Å². The van der Waals surface area contributed by atoms with Gasteiger partial charge >= 0.3 is 0 Å². The molecule has 0 saturated carbocycles. The van der Waals surface area contributed by atoms with E-state index in [0.717, 1.165) is 30.0 Å². The fourth-order valence-electron chi connectivity index (χ4n) is 2.80. The lowest BCUT2D eigenvalue weighted by Gasteiger charge is -2.30. The minimum Gasteiger partial charge on any atom is -0.362 e. The molecule has 2 aromatic heterocycles. The predicted octanol–water partition coefficient (Wildman–Crippen LogP) is 4.40. The fourth-order valence-corrected chi connectivity index (χ4v) is 3.63. The van der Waals surface area contributed by atoms with Crippen LogP contribution in [-0.2, 0) is 13.0 Å². The lowest BCUT2D eigenvalue weighted by molar-refractivity contribution is 0.375. The van der Waals surface area contributed by atoms with Crippen LogP contribution in [0.15, 0.2) is 39.5 Å². The van der Waals surface area contributed by atoms with Crippen LogP contribution in [0.3, 0.4) is 0 Å². The molecule has 4 nitrogen and oxygen atoms in total. The first-order chi connectivity index (χ1) is 10.8. The molecule has 0 amide bonds. The molecule has 1 aromatic carbocycles. The van der Waals surface area contributed by atoms with Gasteiger partial charge in [0.15, 0.2) is 0 Å². The van der Waals surface area contributed by atoms with Gasteiger partial charge in [0.05, 0.1) is 6.54 Å². The molecular formula is C16H14ClN3OS. The Morgan fingerprint density at radius 2 is 2.27 bits per heavy atom. The third kappa shape index (κ3) is 2.62. The molecule has 0 unspecified atom stereocenters. The van der Waals surface area contributed by atoms with Gasteiger partial charge in [-0.2, -0.15) is 16.3 Å². The molecule has 0 aliphatic carbocycles. The zero-order valence-electron chi connectivity index (χ0n) is 11.8. The molecule has 0 N–H and O–H groups in total.